The van der Waals surface area contributed by atoms with Crippen LogP contribution in [-0.4, -0.2) is 53.5 Å². The molecule has 3 aromatic rings. The standard InChI is InChI=1S/C29H32FN3O2/c1-32-15-19-5-9-27-24(28(19)29(32)34)12-21(16-35-27)33(13-17-2-3-17)14-18-4-7-25-22(10-18)23-11-20(30)6-8-26(23)31-25/h5-6,8-9,11,17-18,21,31H,2-4,7,10,12-16H2,1H3. The van der Waals surface area contributed by atoms with Gasteiger partial charge in [-0.05, 0) is 85.8 Å². The van der Waals surface area contributed by atoms with Crippen molar-refractivity contribution in [2.45, 2.75) is 51.1 Å². The van der Waals surface area contributed by atoms with Crippen molar-refractivity contribution in [1.29, 1.82) is 0 Å². The van der Waals surface area contributed by atoms with Crippen molar-refractivity contribution in [3.05, 3.63) is 64.1 Å². The van der Waals surface area contributed by atoms with Gasteiger partial charge in [0.15, 0.2) is 0 Å². The van der Waals surface area contributed by atoms with Gasteiger partial charge < -0.3 is 14.6 Å². The molecule has 6 heteroatoms. The Hall–Kier alpha value is -2.86. The van der Waals surface area contributed by atoms with Gasteiger partial charge >= 0.3 is 0 Å². The summed E-state index contributed by atoms with van der Waals surface area (Å²) in [5.41, 5.74) is 6.74. The zero-order chi connectivity index (χ0) is 23.7. The second kappa shape index (κ2) is 8.09. The fourth-order valence-electron chi connectivity index (χ4n) is 6.60. The summed E-state index contributed by atoms with van der Waals surface area (Å²) in [4.78, 5) is 20.9. The fourth-order valence-corrected chi connectivity index (χ4v) is 6.60. The first kappa shape index (κ1) is 21.4. The number of aryl methyl sites for hydroxylation is 1. The lowest BCUT2D eigenvalue weighted by Crippen LogP contribution is -2.47. The highest BCUT2D eigenvalue weighted by Gasteiger charge is 2.37. The summed E-state index contributed by atoms with van der Waals surface area (Å²) in [5.74, 6) is 2.17. The van der Waals surface area contributed by atoms with Crippen molar-refractivity contribution in [2.24, 2.45) is 11.8 Å². The molecule has 2 aliphatic heterocycles. The lowest BCUT2D eigenvalue weighted by molar-refractivity contribution is 0.0804. The summed E-state index contributed by atoms with van der Waals surface area (Å²) >= 11 is 0. The molecule has 3 heterocycles. The third kappa shape index (κ3) is 3.74. The Morgan fingerprint density at radius 2 is 1.94 bits per heavy atom. The number of carbonyl (C=O) groups is 1. The van der Waals surface area contributed by atoms with Crippen LogP contribution in [0.25, 0.3) is 10.9 Å². The van der Waals surface area contributed by atoms with E-state index in [1.54, 1.807) is 17.0 Å². The molecule has 5 nitrogen and oxygen atoms in total. The van der Waals surface area contributed by atoms with Gasteiger partial charge in [0.05, 0.1) is 5.56 Å². The number of benzene rings is 2. The number of ether oxygens (including phenoxy) is 1. The van der Waals surface area contributed by atoms with Gasteiger partial charge in [0.1, 0.15) is 18.2 Å². The number of amides is 1. The third-order valence-electron chi connectivity index (χ3n) is 8.65. The van der Waals surface area contributed by atoms with Crippen LogP contribution in [0.4, 0.5) is 4.39 Å². The Balaban J connectivity index is 1.14. The average molecular weight is 474 g/mol. The van der Waals surface area contributed by atoms with Gasteiger partial charge in [-0.1, -0.05) is 6.07 Å². The second-order valence-corrected chi connectivity index (χ2v) is 11.2. The van der Waals surface area contributed by atoms with Crippen LogP contribution in [0, 0.1) is 17.7 Å². The van der Waals surface area contributed by atoms with Crippen LogP contribution < -0.4 is 4.74 Å². The number of rotatable bonds is 5. The average Bonchev–Trinajstić information content (AvgIpc) is 3.54. The van der Waals surface area contributed by atoms with E-state index >= 15 is 0 Å². The first-order chi connectivity index (χ1) is 17.0. The topological polar surface area (TPSA) is 48.6 Å². The molecule has 7 rings (SSSR count). The SMILES string of the molecule is CN1Cc2ccc3c(c2C1=O)CC(N(CC1CC1)CC1CCc2[nH]c4ccc(F)cc4c2C1)CO3. The molecule has 1 amide bonds. The van der Waals surface area contributed by atoms with Crippen molar-refractivity contribution in [3.63, 3.8) is 0 Å². The summed E-state index contributed by atoms with van der Waals surface area (Å²) in [7, 11) is 1.88. The number of carbonyl (C=O) groups excluding carboxylic acids is 1. The van der Waals surface area contributed by atoms with E-state index in [1.165, 1.54) is 24.1 Å². The molecule has 2 aromatic carbocycles. The van der Waals surface area contributed by atoms with Crippen molar-refractivity contribution >= 4 is 16.8 Å². The smallest absolute Gasteiger partial charge is 0.254 e. The van der Waals surface area contributed by atoms with Gasteiger partial charge in [-0.2, -0.15) is 0 Å². The van der Waals surface area contributed by atoms with Gasteiger partial charge in [-0.3, -0.25) is 9.69 Å². The van der Waals surface area contributed by atoms with Crippen LogP contribution in [0.3, 0.4) is 0 Å². The number of hydrogen-bond donors (Lipinski definition) is 1. The molecule has 0 saturated heterocycles. The lowest BCUT2D eigenvalue weighted by Gasteiger charge is -2.38. The zero-order valence-electron chi connectivity index (χ0n) is 20.3. The number of nitrogens with zero attached hydrogens (tertiary/aromatic N) is 2. The Bertz CT molecular complexity index is 1330. The number of H-pyrrole nitrogens is 1. The first-order valence-corrected chi connectivity index (χ1v) is 13.1. The molecule has 1 fully saturated rings. The van der Waals surface area contributed by atoms with Crippen LogP contribution in [0.1, 0.15) is 52.0 Å². The van der Waals surface area contributed by atoms with Crippen LogP contribution >= 0.6 is 0 Å². The molecule has 1 aromatic heterocycles. The van der Waals surface area contributed by atoms with E-state index in [-0.39, 0.29) is 17.8 Å². The lowest BCUT2D eigenvalue weighted by atomic mass is 9.85. The van der Waals surface area contributed by atoms with Gasteiger partial charge in [0.2, 0.25) is 0 Å². The van der Waals surface area contributed by atoms with E-state index in [9.17, 15) is 9.18 Å². The molecule has 0 radical (unpaired) electrons. The van der Waals surface area contributed by atoms with Crippen molar-refractivity contribution < 1.29 is 13.9 Å². The van der Waals surface area contributed by atoms with Crippen LogP contribution in [0.2, 0.25) is 0 Å². The van der Waals surface area contributed by atoms with Gasteiger partial charge in [0, 0.05) is 54.9 Å². The molecule has 1 saturated carbocycles. The maximum absolute atomic E-state index is 14.0. The molecule has 2 aliphatic carbocycles. The van der Waals surface area contributed by atoms with Crippen molar-refractivity contribution in [2.75, 3.05) is 26.7 Å². The van der Waals surface area contributed by atoms with Gasteiger partial charge in [-0.25, -0.2) is 4.39 Å². The van der Waals surface area contributed by atoms with E-state index in [2.05, 4.69) is 22.0 Å². The molecule has 0 bridgehead atoms. The quantitative estimate of drug-likeness (QED) is 0.584. The summed E-state index contributed by atoms with van der Waals surface area (Å²) in [6, 6.07) is 9.50. The summed E-state index contributed by atoms with van der Waals surface area (Å²) in [6.07, 6.45) is 6.66. The predicted octanol–water partition coefficient (Wildman–Crippen LogP) is 4.71. The first-order valence-electron chi connectivity index (χ1n) is 13.1. The van der Waals surface area contributed by atoms with E-state index in [4.69, 9.17) is 4.74 Å². The molecule has 2 unspecified atom stereocenters. The Morgan fingerprint density at radius 3 is 2.80 bits per heavy atom. The normalized spacial score (nSPS) is 23.4. The molecule has 182 valence electrons. The highest BCUT2D eigenvalue weighted by Crippen LogP contribution is 2.39. The highest BCUT2D eigenvalue weighted by atomic mass is 19.1. The molecule has 4 aliphatic rings. The van der Waals surface area contributed by atoms with E-state index in [0.717, 1.165) is 78.0 Å². The van der Waals surface area contributed by atoms with Crippen LogP contribution in [-0.2, 0) is 25.8 Å². The monoisotopic (exact) mass is 473 g/mol. The molecule has 0 spiro atoms. The largest absolute Gasteiger partial charge is 0.492 e. The van der Waals surface area contributed by atoms with Gasteiger partial charge in [-0.15, -0.1) is 0 Å². The minimum Gasteiger partial charge on any atom is -0.492 e. The Labute approximate surface area is 205 Å². The van der Waals surface area contributed by atoms with E-state index in [1.807, 2.05) is 13.1 Å². The predicted molar refractivity (Wildman–Crippen MR) is 133 cm³/mol. The second-order valence-electron chi connectivity index (χ2n) is 11.2. The summed E-state index contributed by atoms with van der Waals surface area (Å²) < 4.78 is 20.3. The third-order valence-corrected chi connectivity index (χ3v) is 8.65. The number of nitrogens with one attached hydrogen (secondary N) is 1. The maximum Gasteiger partial charge on any atom is 0.254 e. The zero-order valence-corrected chi connectivity index (χ0v) is 20.3. The summed E-state index contributed by atoms with van der Waals surface area (Å²) in [5, 5.41) is 1.05. The molecule has 35 heavy (non-hydrogen) atoms. The molecule has 2 atom stereocenters. The number of aromatic nitrogens is 1. The maximum atomic E-state index is 14.0. The van der Waals surface area contributed by atoms with E-state index < -0.39 is 0 Å². The van der Waals surface area contributed by atoms with Crippen molar-refractivity contribution in [3.8, 4) is 5.75 Å². The number of fused-ring (bicyclic) bond motifs is 6. The number of halogens is 1. The highest BCUT2D eigenvalue weighted by molar-refractivity contribution is 6.00. The summed E-state index contributed by atoms with van der Waals surface area (Å²) in [6.45, 7) is 3.51. The minimum absolute atomic E-state index is 0.126. The number of aromatic amines is 1. The van der Waals surface area contributed by atoms with Crippen LogP contribution in [0.5, 0.6) is 5.75 Å². The van der Waals surface area contributed by atoms with E-state index in [0.29, 0.717) is 19.1 Å². The van der Waals surface area contributed by atoms with Crippen molar-refractivity contribution in [1.82, 2.24) is 14.8 Å². The van der Waals surface area contributed by atoms with Gasteiger partial charge in [0.25, 0.3) is 5.91 Å². The Morgan fingerprint density at radius 1 is 1.09 bits per heavy atom. The molecular formula is C29H32FN3O2. The fraction of sp³-hybridized carbons (Fsp3) is 0.483. The molecule has 1 N–H and O–H groups in total. The number of hydrogen-bond acceptors (Lipinski definition) is 3. The Kier molecular flexibility index (Phi) is 4.95. The molecular weight excluding hydrogens is 441 g/mol. The van der Waals surface area contributed by atoms with Crippen LogP contribution in [0.15, 0.2) is 30.3 Å². The minimum atomic E-state index is -0.164.